The fourth-order valence-electron chi connectivity index (χ4n) is 2.05. The van der Waals surface area contributed by atoms with Gasteiger partial charge in [0, 0.05) is 24.0 Å². The Morgan fingerprint density at radius 3 is 0.971 bits per heavy atom. The minimum absolute atomic E-state index is 0. The van der Waals surface area contributed by atoms with Crippen molar-refractivity contribution in [2.24, 2.45) is 22.7 Å². The van der Waals surface area contributed by atoms with Gasteiger partial charge in [0.15, 0.2) is 0 Å². The van der Waals surface area contributed by atoms with Crippen LogP contribution in [0.1, 0.15) is 108 Å². The Labute approximate surface area is 232 Å². The summed E-state index contributed by atoms with van der Waals surface area (Å²) in [6, 6.07) is 0. The van der Waals surface area contributed by atoms with E-state index in [0.29, 0.717) is 26.1 Å². The molecule has 0 aromatic carbocycles. The molecule has 0 amide bonds. The third-order valence-corrected chi connectivity index (χ3v) is 5.62. The smallest absolute Gasteiger partial charge is 0.549 e. The fourth-order valence-corrected chi connectivity index (χ4v) is 2.05. The Balaban J connectivity index is -0.000000122. The average molecular weight is 582 g/mol. The summed E-state index contributed by atoms with van der Waals surface area (Å²) >= 11 is 0. The SMILES string of the molecule is CCC(C)(C)C(=O)C(C)C(=O)[O-].CCC(C)(C)C(=O)C(C)C(=O)[O-].CCCCO.CCCCO.[Zr+2]. The Morgan fingerprint density at radius 1 is 0.657 bits per heavy atom. The van der Waals surface area contributed by atoms with Crippen molar-refractivity contribution in [2.75, 3.05) is 13.2 Å². The summed E-state index contributed by atoms with van der Waals surface area (Å²) in [6.45, 7) is 18.2. The van der Waals surface area contributed by atoms with E-state index in [1.807, 2.05) is 13.8 Å². The summed E-state index contributed by atoms with van der Waals surface area (Å²) in [4.78, 5) is 43.6. The minimum Gasteiger partial charge on any atom is -0.549 e. The molecule has 2 unspecified atom stereocenters. The molecule has 0 bridgehead atoms. The maximum atomic E-state index is 11.4. The molecule has 0 rings (SSSR count). The third kappa shape index (κ3) is 23.2. The molecule has 0 saturated heterocycles. The first-order valence-electron chi connectivity index (χ1n) is 12.2. The summed E-state index contributed by atoms with van der Waals surface area (Å²) in [6.07, 6.45) is 5.36. The molecule has 2 N–H and O–H groups in total. The molecule has 0 spiro atoms. The van der Waals surface area contributed by atoms with Crippen molar-refractivity contribution in [1.29, 1.82) is 0 Å². The summed E-state index contributed by atoms with van der Waals surface area (Å²) in [5.41, 5.74) is -1.11. The molecule has 0 aliphatic heterocycles. The van der Waals surface area contributed by atoms with Gasteiger partial charge in [-0.3, -0.25) is 9.59 Å². The maximum Gasteiger partial charge on any atom is 2.00 e. The van der Waals surface area contributed by atoms with E-state index >= 15 is 0 Å². The topological polar surface area (TPSA) is 155 Å². The number of rotatable bonds is 12. The zero-order valence-corrected chi connectivity index (χ0v) is 26.1. The molecule has 0 fully saturated rings. The molecule has 0 aromatic rings. The predicted octanol–water partition coefficient (Wildman–Crippen LogP) is 2.31. The van der Waals surface area contributed by atoms with E-state index in [2.05, 4.69) is 13.8 Å². The van der Waals surface area contributed by atoms with E-state index < -0.39 is 34.6 Å². The van der Waals surface area contributed by atoms with Gasteiger partial charge in [-0.25, -0.2) is 0 Å². The predicted molar refractivity (Wildman–Crippen MR) is 130 cm³/mol. The molecule has 0 aromatic heterocycles. The van der Waals surface area contributed by atoms with Gasteiger partial charge in [0.1, 0.15) is 11.6 Å². The quantitative estimate of drug-likeness (QED) is 0.333. The molecule has 0 aliphatic carbocycles. The van der Waals surface area contributed by atoms with Gasteiger partial charge in [0.25, 0.3) is 0 Å². The van der Waals surface area contributed by atoms with Crippen LogP contribution >= 0.6 is 0 Å². The number of aliphatic carboxylic acids is 2. The van der Waals surface area contributed by atoms with Crippen LogP contribution in [0.2, 0.25) is 0 Å². The van der Waals surface area contributed by atoms with E-state index in [-0.39, 0.29) is 37.8 Å². The van der Waals surface area contributed by atoms with Crippen molar-refractivity contribution in [1.82, 2.24) is 0 Å². The number of hydrogen-bond donors (Lipinski definition) is 2. The number of hydrogen-bond acceptors (Lipinski definition) is 8. The van der Waals surface area contributed by atoms with E-state index in [0.717, 1.165) is 25.7 Å². The number of ketones is 2. The van der Waals surface area contributed by atoms with Crippen LogP contribution in [0.25, 0.3) is 0 Å². The molecule has 0 radical (unpaired) electrons. The van der Waals surface area contributed by atoms with Gasteiger partial charge in [-0.2, -0.15) is 0 Å². The zero-order valence-electron chi connectivity index (χ0n) is 23.7. The normalized spacial score (nSPS) is 12.0. The second-order valence-corrected chi connectivity index (χ2v) is 9.44. The summed E-state index contributed by atoms with van der Waals surface area (Å²) in [7, 11) is 0. The van der Waals surface area contributed by atoms with Gasteiger partial charge in [0.05, 0.1) is 23.8 Å². The number of aliphatic hydroxyl groups excluding tert-OH is 2. The number of Topliss-reactive ketones (excluding diaryl/α,β-unsaturated/α-hetero) is 2. The van der Waals surface area contributed by atoms with Crippen LogP contribution in [0.5, 0.6) is 0 Å². The van der Waals surface area contributed by atoms with Crippen LogP contribution in [0.4, 0.5) is 0 Å². The first kappa shape index (κ1) is 44.1. The van der Waals surface area contributed by atoms with E-state index in [1.54, 1.807) is 27.7 Å². The Morgan fingerprint density at radius 2 is 0.886 bits per heavy atom. The number of carbonyl (C=O) groups is 4. The van der Waals surface area contributed by atoms with Crippen LogP contribution in [-0.2, 0) is 45.4 Å². The van der Waals surface area contributed by atoms with Crippen molar-refractivity contribution in [3.8, 4) is 0 Å². The van der Waals surface area contributed by atoms with E-state index in [9.17, 15) is 29.4 Å². The van der Waals surface area contributed by atoms with Gasteiger partial charge in [-0.15, -0.1) is 0 Å². The van der Waals surface area contributed by atoms with Crippen LogP contribution in [-0.4, -0.2) is 46.9 Å². The average Bonchev–Trinajstić information content (AvgIpc) is 2.79. The first-order chi connectivity index (χ1) is 15.5. The minimum atomic E-state index is -1.29. The number of carboxylic acid groups (broad SMARTS) is 2. The Bertz CT molecular complexity index is 520. The van der Waals surface area contributed by atoms with Gasteiger partial charge >= 0.3 is 26.2 Å². The van der Waals surface area contributed by atoms with Gasteiger partial charge in [0.2, 0.25) is 0 Å². The molecule has 0 heterocycles. The Hall–Kier alpha value is -0.917. The first-order valence-corrected chi connectivity index (χ1v) is 12.2. The van der Waals surface area contributed by atoms with Gasteiger partial charge < -0.3 is 30.0 Å². The van der Waals surface area contributed by atoms with Crippen LogP contribution in [0.15, 0.2) is 0 Å². The second-order valence-electron chi connectivity index (χ2n) is 9.44. The third-order valence-electron chi connectivity index (χ3n) is 5.62. The van der Waals surface area contributed by atoms with E-state index in [4.69, 9.17) is 10.2 Å². The van der Waals surface area contributed by atoms with E-state index in [1.165, 1.54) is 13.8 Å². The maximum absolute atomic E-state index is 11.4. The van der Waals surface area contributed by atoms with Crippen LogP contribution < -0.4 is 10.2 Å². The molecule has 0 aliphatic rings. The standard InChI is InChI=1S/2C9H16O3.2C4H10O.Zr/c2*1-5-9(3,4)7(10)6(2)8(11)12;2*1-2-3-4-5;/h2*6H,5H2,1-4H3,(H,11,12);2*5H,2-4H2,1H3;/q;;;;+2/p-2. The van der Waals surface area contributed by atoms with Crippen LogP contribution in [0, 0.1) is 22.7 Å². The molecule has 8 nitrogen and oxygen atoms in total. The van der Waals surface area contributed by atoms with Crippen molar-refractivity contribution in [3.63, 3.8) is 0 Å². The number of carboxylic acids is 2. The van der Waals surface area contributed by atoms with Crippen LogP contribution in [0.3, 0.4) is 0 Å². The molecule has 2 atom stereocenters. The molecule has 35 heavy (non-hydrogen) atoms. The van der Waals surface area contributed by atoms with Crippen molar-refractivity contribution >= 4 is 23.5 Å². The number of unbranched alkanes of at least 4 members (excludes halogenated alkanes) is 2. The largest absolute Gasteiger partial charge is 2.00 e. The summed E-state index contributed by atoms with van der Waals surface area (Å²) in [5, 5.41) is 36.9. The molecule has 206 valence electrons. The summed E-state index contributed by atoms with van der Waals surface area (Å²) in [5.74, 6) is -5.10. The van der Waals surface area contributed by atoms with Gasteiger partial charge in [-0.05, 0) is 25.7 Å². The number of aliphatic hydroxyl groups is 2. The molecule has 0 saturated carbocycles. The molecular weight excluding hydrogens is 532 g/mol. The van der Waals surface area contributed by atoms with Gasteiger partial charge in [-0.1, -0.05) is 82.1 Å². The summed E-state index contributed by atoms with van der Waals surface area (Å²) < 4.78 is 0. The second kappa shape index (κ2) is 24.8. The Kier molecular flexibility index (Phi) is 31.2. The number of carbonyl (C=O) groups excluding carboxylic acids is 4. The van der Waals surface area contributed by atoms with Crippen molar-refractivity contribution in [3.05, 3.63) is 0 Å². The molecule has 9 heteroatoms. The zero-order chi connectivity index (χ0) is 28.1. The van der Waals surface area contributed by atoms with Crippen molar-refractivity contribution < 1.29 is 65.8 Å². The van der Waals surface area contributed by atoms with Crippen molar-refractivity contribution in [2.45, 2.75) is 108 Å². The monoisotopic (exact) mass is 580 g/mol. The fraction of sp³-hybridized carbons (Fsp3) is 0.846. The molecular formula is C26H50O8Zr.